The van der Waals surface area contributed by atoms with Crippen molar-refractivity contribution in [3.8, 4) is 0 Å². The van der Waals surface area contributed by atoms with Crippen molar-refractivity contribution < 1.29 is 15.3 Å². The monoisotopic (exact) mass is 131 g/mol. The summed E-state index contributed by atoms with van der Waals surface area (Å²) < 4.78 is 0. The van der Waals surface area contributed by atoms with Gasteiger partial charge in [0.25, 0.3) is 5.97 Å². The Bertz CT molecular complexity index is 39.9. The van der Waals surface area contributed by atoms with Gasteiger partial charge in [-0.3, -0.25) is 0 Å². The fraction of sp³-hybridized carbons (Fsp3) is 1.00. The van der Waals surface area contributed by atoms with Crippen molar-refractivity contribution in [2.24, 2.45) is 0 Å². The molecule has 39 valence electrons. The van der Waals surface area contributed by atoms with Crippen LogP contribution in [0.2, 0.25) is 0 Å². The predicted molar refractivity (Wildman–Crippen MR) is 25.4 cm³/mol. The first-order valence-corrected chi connectivity index (χ1v) is 1.73. The van der Waals surface area contributed by atoms with Gasteiger partial charge in [-0.2, -0.15) is 0 Å². The molecule has 0 aromatic rings. The SMILES string of the molecule is CCC(O)(O)O.[K]. The van der Waals surface area contributed by atoms with Gasteiger partial charge in [-0.05, 0) is 0 Å². The number of aliphatic hydroxyl groups is 3. The molecule has 0 spiro atoms. The molecule has 0 unspecified atom stereocenters. The van der Waals surface area contributed by atoms with Crippen molar-refractivity contribution in [1.29, 1.82) is 0 Å². The molecular formula is C3H8KO3. The van der Waals surface area contributed by atoms with Gasteiger partial charge < -0.3 is 15.3 Å². The molecule has 0 aromatic heterocycles. The zero-order chi connectivity index (χ0) is 5.21. The number of hydrogen-bond acceptors (Lipinski definition) is 3. The van der Waals surface area contributed by atoms with Crippen LogP contribution in [0.25, 0.3) is 0 Å². The topological polar surface area (TPSA) is 60.7 Å². The minimum Gasteiger partial charge on any atom is -0.344 e. The average Bonchev–Trinajstić information content (AvgIpc) is 1.35. The van der Waals surface area contributed by atoms with Gasteiger partial charge in [-0.1, -0.05) is 6.92 Å². The standard InChI is InChI=1S/C3H8O3.K/c1-2-3(4,5)6;/h4-6H,2H2,1H3;. The molecule has 4 heteroatoms. The molecule has 0 saturated heterocycles. The van der Waals surface area contributed by atoms with Crippen LogP contribution >= 0.6 is 0 Å². The Kier molecular flexibility index (Phi) is 7.12. The van der Waals surface area contributed by atoms with Gasteiger partial charge >= 0.3 is 0 Å². The Morgan fingerprint density at radius 1 is 1.29 bits per heavy atom. The maximum Gasteiger partial charge on any atom is 0.274 e. The number of rotatable bonds is 1. The zero-order valence-electron chi connectivity index (χ0n) is 4.55. The molecule has 0 heterocycles. The molecule has 1 radical (unpaired) electrons. The third kappa shape index (κ3) is 11.2. The molecule has 0 rings (SSSR count). The minimum absolute atomic E-state index is 0. The van der Waals surface area contributed by atoms with Crippen molar-refractivity contribution in [2.75, 3.05) is 0 Å². The second-order valence-corrected chi connectivity index (χ2v) is 1.13. The van der Waals surface area contributed by atoms with E-state index in [2.05, 4.69) is 0 Å². The van der Waals surface area contributed by atoms with Gasteiger partial charge in [0.05, 0.1) is 0 Å². The van der Waals surface area contributed by atoms with Crippen molar-refractivity contribution >= 4 is 51.4 Å². The molecule has 7 heavy (non-hydrogen) atoms. The van der Waals surface area contributed by atoms with E-state index in [1.165, 1.54) is 6.92 Å². The summed E-state index contributed by atoms with van der Waals surface area (Å²) in [6, 6.07) is 0. The summed E-state index contributed by atoms with van der Waals surface area (Å²) in [5.41, 5.74) is 0. The van der Waals surface area contributed by atoms with E-state index >= 15 is 0 Å². The molecule has 3 N–H and O–H groups in total. The van der Waals surface area contributed by atoms with E-state index < -0.39 is 5.97 Å². The van der Waals surface area contributed by atoms with Gasteiger partial charge in [0.15, 0.2) is 0 Å². The van der Waals surface area contributed by atoms with Crippen LogP contribution in [-0.4, -0.2) is 72.7 Å². The third-order valence-electron chi connectivity index (χ3n) is 0.474. The van der Waals surface area contributed by atoms with Crippen LogP contribution in [0, 0.1) is 0 Å². The molecule has 0 aliphatic heterocycles. The Labute approximate surface area is 84.8 Å². The largest absolute Gasteiger partial charge is 0.344 e. The second kappa shape index (κ2) is 4.40. The Hall–Kier alpha value is 1.52. The Balaban J connectivity index is 0. The molecular weight excluding hydrogens is 123 g/mol. The average molecular weight is 131 g/mol. The first-order valence-electron chi connectivity index (χ1n) is 1.73. The van der Waals surface area contributed by atoms with Crippen LogP contribution in [0.15, 0.2) is 0 Å². The van der Waals surface area contributed by atoms with Gasteiger partial charge in [0.2, 0.25) is 0 Å². The fourth-order valence-electron chi connectivity index (χ4n) is 0. The molecule has 0 bridgehead atoms. The minimum atomic E-state index is -2.46. The van der Waals surface area contributed by atoms with Crippen LogP contribution in [0.1, 0.15) is 13.3 Å². The summed E-state index contributed by atoms with van der Waals surface area (Å²) in [5.74, 6) is -2.46. The predicted octanol–water partition coefficient (Wildman–Crippen LogP) is -1.35. The molecule has 0 amide bonds. The summed E-state index contributed by atoms with van der Waals surface area (Å²) in [6.07, 6.45) is -0.0625. The van der Waals surface area contributed by atoms with Crippen LogP contribution in [0.3, 0.4) is 0 Å². The smallest absolute Gasteiger partial charge is 0.274 e. The Morgan fingerprint density at radius 3 is 1.43 bits per heavy atom. The number of hydrogen-bond donors (Lipinski definition) is 3. The van der Waals surface area contributed by atoms with E-state index in [1.807, 2.05) is 0 Å². The molecule has 0 fully saturated rings. The summed E-state index contributed by atoms with van der Waals surface area (Å²) in [5, 5.41) is 23.8. The van der Waals surface area contributed by atoms with Gasteiger partial charge in [0, 0.05) is 57.8 Å². The van der Waals surface area contributed by atoms with Crippen molar-refractivity contribution in [2.45, 2.75) is 19.3 Å². The van der Waals surface area contributed by atoms with Gasteiger partial charge in [0.1, 0.15) is 0 Å². The summed E-state index contributed by atoms with van der Waals surface area (Å²) in [6.45, 7) is 1.46. The first kappa shape index (κ1) is 11.3. The van der Waals surface area contributed by atoms with Crippen LogP contribution < -0.4 is 0 Å². The molecule has 0 aliphatic carbocycles. The van der Waals surface area contributed by atoms with Crippen molar-refractivity contribution in [1.82, 2.24) is 0 Å². The third-order valence-corrected chi connectivity index (χ3v) is 0.474. The molecule has 3 nitrogen and oxygen atoms in total. The van der Waals surface area contributed by atoms with E-state index in [-0.39, 0.29) is 57.8 Å². The van der Waals surface area contributed by atoms with Gasteiger partial charge in [-0.15, -0.1) is 0 Å². The van der Waals surface area contributed by atoms with Crippen molar-refractivity contribution in [3.05, 3.63) is 0 Å². The van der Waals surface area contributed by atoms with Crippen LogP contribution in [-0.2, 0) is 0 Å². The van der Waals surface area contributed by atoms with Gasteiger partial charge in [-0.25, -0.2) is 0 Å². The van der Waals surface area contributed by atoms with E-state index in [9.17, 15) is 0 Å². The second-order valence-electron chi connectivity index (χ2n) is 1.13. The quantitative estimate of drug-likeness (QED) is 0.304. The molecule has 0 aromatic carbocycles. The normalized spacial score (nSPS) is 10.3. The summed E-state index contributed by atoms with van der Waals surface area (Å²) >= 11 is 0. The fourth-order valence-corrected chi connectivity index (χ4v) is 0. The van der Waals surface area contributed by atoms with Crippen LogP contribution in [0.4, 0.5) is 0 Å². The maximum atomic E-state index is 7.94. The van der Waals surface area contributed by atoms with E-state index in [4.69, 9.17) is 15.3 Å². The Morgan fingerprint density at radius 2 is 1.43 bits per heavy atom. The maximum absolute atomic E-state index is 7.94. The molecule has 0 saturated carbocycles. The molecule has 0 atom stereocenters. The first-order chi connectivity index (χ1) is 2.56. The van der Waals surface area contributed by atoms with E-state index in [0.717, 1.165) is 0 Å². The van der Waals surface area contributed by atoms with Crippen LogP contribution in [0.5, 0.6) is 0 Å². The van der Waals surface area contributed by atoms with E-state index in [0.29, 0.717) is 0 Å². The van der Waals surface area contributed by atoms with E-state index in [1.54, 1.807) is 0 Å². The molecule has 0 aliphatic rings. The van der Waals surface area contributed by atoms with Crippen molar-refractivity contribution in [3.63, 3.8) is 0 Å². The summed E-state index contributed by atoms with van der Waals surface area (Å²) in [4.78, 5) is 0. The zero-order valence-corrected chi connectivity index (χ0v) is 7.67. The summed E-state index contributed by atoms with van der Waals surface area (Å²) in [7, 11) is 0.